The minimum Gasteiger partial charge on any atom is -0.497 e. The fraction of sp³-hybridized carbons (Fsp3) is 0.381. The Hall–Kier alpha value is -2.74. The zero-order valence-electron chi connectivity index (χ0n) is 17.1. The molecule has 158 valence electrons. The zero-order valence-corrected chi connectivity index (χ0v) is 18.0. The number of ether oxygens (including phenoxy) is 2. The van der Waals surface area contributed by atoms with Gasteiger partial charge in [0, 0.05) is 31.8 Å². The number of methoxy groups -OCH3 is 2. The van der Waals surface area contributed by atoms with E-state index < -0.39 is 9.84 Å². The molecule has 2 N–H and O–H groups in total. The van der Waals surface area contributed by atoms with Crippen LogP contribution in [0.5, 0.6) is 11.5 Å². The van der Waals surface area contributed by atoms with Crippen LogP contribution in [0.3, 0.4) is 0 Å². The van der Waals surface area contributed by atoms with Gasteiger partial charge in [-0.2, -0.15) is 0 Å². The zero-order chi connectivity index (χ0) is 21.1. The van der Waals surface area contributed by atoms with Crippen LogP contribution in [0.4, 0.5) is 0 Å². The summed E-state index contributed by atoms with van der Waals surface area (Å²) in [5.41, 5.74) is 1.77. The van der Waals surface area contributed by atoms with Crippen molar-refractivity contribution in [2.75, 3.05) is 33.6 Å². The van der Waals surface area contributed by atoms with Crippen molar-refractivity contribution in [1.82, 2.24) is 10.6 Å². The summed E-state index contributed by atoms with van der Waals surface area (Å²) in [5, 5.41) is 6.35. The average Bonchev–Trinajstić information content (AvgIpc) is 2.73. The van der Waals surface area contributed by atoms with Crippen molar-refractivity contribution in [2.45, 2.75) is 18.7 Å². The molecule has 2 aromatic rings. The lowest BCUT2D eigenvalue weighted by Crippen LogP contribution is -2.37. The highest BCUT2D eigenvalue weighted by Crippen LogP contribution is 2.24. The van der Waals surface area contributed by atoms with E-state index in [4.69, 9.17) is 9.47 Å². The Morgan fingerprint density at radius 3 is 2.45 bits per heavy atom. The molecular formula is C21H29N3O4S. The molecule has 0 radical (unpaired) electrons. The first-order valence-corrected chi connectivity index (χ1v) is 11.2. The SMILES string of the molecule is CN=C(NCCCS(=O)(=O)Cc1ccccc1)NCc1ccc(OC)cc1OC. The highest BCUT2D eigenvalue weighted by molar-refractivity contribution is 7.90. The predicted molar refractivity (Wildman–Crippen MR) is 116 cm³/mol. The molecule has 0 amide bonds. The third-order valence-electron chi connectivity index (χ3n) is 4.32. The summed E-state index contributed by atoms with van der Waals surface area (Å²) in [6.45, 7) is 1.02. The Balaban J connectivity index is 1.78. The molecule has 0 aliphatic heterocycles. The Bertz CT molecular complexity index is 899. The van der Waals surface area contributed by atoms with Gasteiger partial charge in [-0.1, -0.05) is 30.3 Å². The second-order valence-corrected chi connectivity index (χ2v) is 8.65. The van der Waals surface area contributed by atoms with Crippen LogP contribution in [-0.2, 0) is 22.1 Å². The molecule has 0 spiro atoms. The number of benzene rings is 2. The van der Waals surface area contributed by atoms with E-state index in [9.17, 15) is 8.42 Å². The van der Waals surface area contributed by atoms with Crippen LogP contribution < -0.4 is 20.1 Å². The van der Waals surface area contributed by atoms with E-state index in [0.29, 0.717) is 25.5 Å². The van der Waals surface area contributed by atoms with Gasteiger partial charge in [-0.05, 0) is 24.1 Å². The van der Waals surface area contributed by atoms with Gasteiger partial charge in [-0.25, -0.2) is 8.42 Å². The number of nitrogens with zero attached hydrogens (tertiary/aromatic N) is 1. The number of aliphatic imine (C=N–C) groups is 1. The lowest BCUT2D eigenvalue weighted by Gasteiger charge is -2.14. The van der Waals surface area contributed by atoms with Gasteiger partial charge in [0.05, 0.1) is 25.7 Å². The van der Waals surface area contributed by atoms with E-state index in [1.807, 2.05) is 48.5 Å². The fourth-order valence-corrected chi connectivity index (χ4v) is 4.23. The average molecular weight is 420 g/mol. The van der Waals surface area contributed by atoms with E-state index in [0.717, 1.165) is 22.6 Å². The Kier molecular flexibility index (Phi) is 8.79. The smallest absolute Gasteiger partial charge is 0.191 e. The number of guanidine groups is 1. The molecule has 0 unspecified atom stereocenters. The molecule has 8 heteroatoms. The minimum absolute atomic E-state index is 0.0675. The lowest BCUT2D eigenvalue weighted by atomic mass is 10.2. The molecular weight excluding hydrogens is 390 g/mol. The van der Waals surface area contributed by atoms with Gasteiger partial charge in [0.15, 0.2) is 15.8 Å². The standard InChI is InChI=1S/C21H29N3O4S/c1-22-21(24-15-18-10-11-19(27-2)14-20(18)28-3)23-12-7-13-29(25,26)16-17-8-5-4-6-9-17/h4-6,8-11,14H,7,12-13,15-16H2,1-3H3,(H2,22,23,24). The first-order valence-electron chi connectivity index (χ1n) is 9.37. The summed E-state index contributed by atoms with van der Waals surface area (Å²) in [4.78, 5) is 4.17. The maximum absolute atomic E-state index is 12.2. The topological polar surface area (TPSA) is 89.0 Å². The summed E-state index contributed by atoms with van der Waals surface area (Å²) >= 11 is 0. The van der Waals surface area contributed by atoms with Gasteiger partial charge in [0.2, 0.25) is 0 Å². The molecule has 0 aliphatic carbocycles. The van der Waals surface area contributed by atoms with Gasteiger partial charge in [0.25, 0.3) is 0 Å². The van der Waals surface area contributed by atoms with Gasteiger partial charge >= 0.3 is 0 Å². The van der Waals surface area contributed by atoms with Gasteiger partial charge in [0.1, 0.15) is 11.5 Å². The van der Waals surface area contributed by atoms with E-state index in [1.54, 1.807) is 21.3 Å². The number of hydrogen-bond acceptors (Lipinski definition) is 5. The van der Waals surface area contributed by atoms with Crippen molar-refractivity contribution in [1.29, 1.82) is 0 Å². The first kappa shape index (κ1) is 22.5. The molecule has 29 heavy (non-hydrogen) atoms. The normalized spacial score (nSPS) is 11.8. The second-order valence-electron chi connectivity index (χ2n) is 6.46. The first-order chi connectivity index (χ1) is 14.0. The molecule has 0 aliphatic rings. The van der Waals surface area contributed by atoms with Crippen molar-refractivity contribution in [2.24, 2.45) is 4.99 Å². The van der Waals surface area contributed by atoms with Crippen LogP contribution in [0.2, 0.25) is 0 Å². The van der Waals surface area contributed by atoms with E-state index in [1.165, 1.54) is 0 Å². The van der Waals surface area contributed by atoms with Crippen LogP contribution in [0.15, 0.2) is 53.5 Å². The largest absolute Gasteiger partial charge is 0.497 e. The molecule has 0 bridgehead atoms. The monoisotopic (exact) mass is 419 g/mol. The number of sulfone groups is 1. The molecule has 0 saturated heterocycles. The Labute approximate surface area is 173 Å². The van der Waals surface area contributed by atoms with Crippen LogP contribution in [0, 0.1) is 0 Å². The minimum atomic E-state index is -3.14. The molecule has 0 aromatic heterocycles. The van der Waals surface area contributed by atoms with Crippen molar-refractivity contribution in [3.05, 3.63) is 59.7 Å². The van der Waals surface area contributed by atoms with Crippen molar-refractivity contribution in [3.8, 4) is 11.5 Å². The van der Waals surface area contributed by atoms with Crippen molar-refractivity contribution >= 4 is 15.8 Å². The second kappa shape index (κ2) is 11.3. The molecule has 0 heterocycles. The summed E-state index contributed by atoms with van der Waals surface area (Å²) in [7, 11) is 1.76. The molecule has 2 rings (SSSR count). The highest BCUT2D eigenvalue weighted by atomic mass is 32.2. The number of rotatable bonds is 10. The summed E-state index contributed by atoms with van der Waals surface area (Å²) < 4.78 is 35.1. The van der Waals surface area contributed by atoms with E-state index in [2.05, 4.69) is 15.6 Å². The number of nitrogens with one attached hydrogen (secondary N) is 2. The Morgan fingerprint density at radius 2 is 1.79 bits per heavy atom. The number of hydrogen-bond donors (Lipinski definition) is 2. The predicted octanol–water partition coefficient (Wildman–Crippen LogP) is 2.37. The molecule has 7 nitrogen and oxygen atoms in total. The molecule has 2 aromatic carbocycles. The summed E-state index contributed by atoms with van der Waals surface area (Å²) in [5.74, 6) is 2.24. The van der Waals surface area contributed by atoms with Crippen LogP contribution >= 0.6 is 0 Å². The molecule has 0 atom stereocenters. The highest BCUT2D eigenvalue weighted by Gasteiger charge is 2.12. The van der Waals surface area contributed by atoms with Gasteiger partial charge in [-0.3, -0.25) is 4.99 Å². The van der Waals surface area contributed by atoms with Gasteiger partial charge < -0.3 is 20.1 Å². The van der Waals surface area contributed by atoms with Gasteiger partial charge in [-0.15, -0.1) is 0 Å². The maximum Gasteiger partial charge on any atom is 0.191 e. The summed E-state index contributed by atoms with van der Waals surface area (Å²) in [6, 6.07) is 14.8. The van der Waals surface area contributed by atoms with Crippen LogP contribution in [-0.4, -0.2) is 47.9 Å². The maximum atomic E-state index is 12.2. The Morgan fingerprint density at radius 1 is 1.03 bits per heavy atom. The molecule has 0 saturated carbocycles. The third kappa shape index (κ3) is 7.65. The summed E-state index contributed by atoms with van der Waals surface area (Å²) in [6.07, 6.45) is 0.502. The van der Waals surface area contributed by atoms with E-state index in [-0.39, 0.29) is 11.5 Å². The van der Waals surface area contributed by atoms with Crippen molar-refractivity contribution in [3.63, 3.8) is 0 Å². The van der Waals surface area contributed by atoms with Crippen molar-refractivity contribution < 1.29 is 17.9 Å². The quantitative estimate of drug-likeness (QED) is 0.349. The lowest BCUT2D eigenvalue weighted by molar-refractivity contribution is 0.390. The van der Waals surface area contributed by atoms with Crippen LogP contribution in [0.25, 0.3) is 0 Å². The third-order valence-corrected chi connectivity index (χ3v) is 6.00. The fourth-order valence-electron chi connectivity index (χ4n) is 2.80. The van der Waals surface area contributed by atoms with Crippen LogP contribution in [0.1, 0.15) is 17.5 Å². The molecule has 0 fully saturated rings. The van der Waals surface area contributed by atoms with E-state index >= 15 is 0 Å².